The molecule has 2 rings (SSSR count). The maximum atomic E-state index is 12.1. The van der Waals surface area contributed by atoms with Gasteiger partial charge in [-0.25, -0.2) is 4.79 Å². The van der Waals surface area contributed by atoms with Crippen molar-refractivity contribution in [2.24, 2.45) is 0 Å². The fourth-order valence-corrected chi connectivity index (χ4v) is 2.24. The molecule has 0 heterocycles. The van der Waals surface area contributed by atoms with E-state index >= 15 is 0 Å². The van der Waals surface area contributed by atoms with Crippen molar-refractivity contribution < 1.29 is 23.9 Å². The second-order valence-electron chi connectivity index (χ2n) is 5.49. The van der Waals surface area contributed by atoms with Gasteiger partial charge in [-0.05, 0) is 62.4 Å². The number of ether oxygens (including phenoxy) is 2. The highest BCUT2D eigenvalue weighted by molar-refractivity contribution is 5.99. The third kappa shape index (κ3) is 6.14. The van der Waals surface area contributed by atoms with E-state index in [4.69, 9.17) is 9.47 Å². The van der Waals surface area contributed by atoms with Gasteiger partial charge in [0.05, 0.1) is 25.3 Å². The molecule has 0 atom stereocenters. The summed E-state index contributed by atoms with van der Waals surface area (Å²) in [5, 5.41) is 5.20. The van der Waals surface area contributed by atoms with Crippen molar-refractivity contribution in [1.29, 1.82) is 0 Å². The monoisotopic (exact) mass is 370 g/mol. The van der Waals surface area contributed by atoms with Crippen LogP contribution in [-0.4, -0.2) is 37.5 Å². The summed E-state index contributed by atoms with van der Waals surface area (Å²) in [5.41, 5.74) is 1.35. The summed E-state index contributed by atoms with van der Waals surface area (Å²) in [4.78, 5) is 35.6. The van der Waals surface area contributed by atoms with E-state index in [1.807, 2.05) is 6.92 Å². The summed E-state index contributed by atoms with van der Waals surface area (Å²) < 4.78 is 10.2. The summed E-state index contributed by atoms with van der Waals surface area (Å²) in [6.45, 7) is 4.28. The highest BCUT2D eigenvalue weighted by atomic mass is 16.5. The first-order valence-electron chi connectivity index (χ1n) is 8.61. The van der Waals surface area contributed by atoms with Crippen molar-refractivity contribution in [2.45, 2.75) is 13.8 Å². The molecule has 2 amide bonds. The van der Waals surface area contributed by atoms with Crippen LogP contribution in [0.3, 0.4) is 0 Å². The van der Waals surface area contributed by atoms with Crippen LogP contribution in [0, 0.1) is 0 Å². The minimum absolute atomic E-state index is 0.175. The fraction of sp³-hybridized carbons (Fsp3) is 0.250. The number of anilines is 1. The third-order valence-corrected chi connectivity index (χ3v) is 3.52. The van der Waals surface area contributed by atoms with Gasteiger partial charge in [-0.3, -0.25) is 9.59 Å². The number of hydrogen-bond donors (Lipinski definition) is 2. The van der Waals surface area contributed by atoms with Gasteiger partial charge >= 0.3 is 5.97 Å². The van der Waals surface area contributed by atoms with Crippen LogP contribution >= 0.6 is 0 Å². The molecule has 2 N–H and O–H groups in total. The normalized spacial score (nSPS) is 10.0. The Balaban J connectivity index is 1.83. The molecule has 7 heteroatoms. The molecule has 0 aliphatic carbocycles. The number of esters is 1. The predicted octanol–water partition coefficient (Wildman–Crippen LogP) is 2.63. The molecule has 0 saturated carbocycles. The molecule has 0 bridgehead atoms. The standard InChI is InChI=1S/C20H22N2O5/c1-3-26-17-11-7-14(8-12-17)19(24)21-13-18(23)22-16-9-5-15(6-10-16)20(25)27-4-2/h5-12H,3-4,13H2,1-2H3,(H,21,24)(H,22,23). The molecule has 142 valence electrons. The number of carbonyl (C=O) groups excluding carboxylic acids is 3. The van der Waals surface area contributed by atoms with E-state index in [0.717, 1.165) is 0 Å². The van der Waals surface area contributed by atoms with E-state index in [2.05, 4.69) is 10.6 Å². The van der Waals surface area contributed by atoms with Crippen LogP contribution < -0.4 is 15.4 Å². The molecular weight excluding hydrogens is 348 g/mol. The molecule has 2 aromatic carbocycles. The molecule has 0 radical (unpaired) electrons. The Kier molecular flexibility index (Phi) is 7.37. The Labute approximate surface area is 157 Å². The van der Waals surface area contributed by atoms with Gasteiger partial charge < -0.3 is 20.1 Å². The van der Waals surface area contributed by atoms with Crippen LogP contribution in [0.15, 0.2) is 48.5 Å². The van der Waals surface area contributed by atoms with Crippen LogP contribution in [0.4, 0.5) is 5.69 Å². The minimum Gasteiger partial charge on any atom is -0.494 e. The maximum Gasteiger partial charge on any atom is 0.338 e. The largest absolute Gasteiger partial charge is 0.494 e. The quantitative estimate of drug-likeness (QED) is 0.697. The number of rotatable bonds is 8. The molecule has 0 spiro atoms. The summed E-state index contributed by atoms with van der Waals surface area (Å²) in [6, 6.07) is 13.0. The Bertz CT molecular complexity index is 785. The van der Waals surface area contributed by atoms with E-state index in [-0.39, 0.29) is 18.4 Å². The van der Waals surface area contributed by atoms with Gasteiger partial charge in [0.25, 0.3) is 5.91 Å². The lowest BCUT2D eigenvalue weighted by Gasteiger charge is -2.08. The van der Waals surface area contributed by atoms with Gasteiger partial charge in [0.15, 0.2) is 0 Å². The van der Waals surface area contributed by atoms with Crippen molar-refractivity contribution in [3.8, 4) is 5.75 Å². The van der Waals surface area contributed by atoms with Crippen molar-refractivity contribution in [3.63, 3.8) is 0 Å². The molecule has 0 fully saturated rings. The summed E-state index contributed by atoms with van der Waals surface area (Å²) in [5.74, 6) is -0.472. The lowest BCUT2D eigenvalue weighted by Crippen LogP contribution is -2.32. The molecule has 0 aromatic heterocycles. The number of benzene rings is 2. The van der Waals surface area contributed by atoms with Gasteiger partial charge in [-0.2, -0.15) is 0 Å². The molecule has 0 unspecified atom stereocenters. The Morgan fingerprint density at radius 3 is 2.07 bits per heavy atom. The summed E-state index contributed by atoms with van der Waals surface area (Å²) >= 11 is 0. The first kappa shape index (κ1) is 20.0. The molecule has 27 heavy (non-hydrogen) atoms. The zero-order valence-corrected chi connectivity index (χ0v) is 15.3. The zero-order valence-electron chi connectivity index (χ0n) is 15.3. The summed E-state index contributed by atoms with van der Waals surface area (Å²) in [7, 11) is 0. The number of amides is 2. The molecule has 0 saturated heterocycles. The topological polar surface area (TPSA) is 93.7 Å². The zero-order chi connectivity index (χ0) is 19.6. The van der Waals surface area contributed by atoms with Crippen molar-refractivity contribution in [3.05, 3.63) is 59.7 Å². The SMILES string of the molecule is CCOC(=O)c1ccc(NC(=O)CNC(=O)c2ccc(OCC)cc2)cc1. The van der Waals surface area contributed by atoms with Crippen LogP contribution in [0.2, 0.25) is 0 Å². The Hall–Kier alpha value is -3.35. The number of nitrogens with one attached hydrogen (secondary N) is 2. The Morgan fingerprint density at radius 2 is 1.48 bits per heavy atom. The fourth-order valence-electron chi connectivity index (χ4n) is 2.24. The molecule has 2 aromatic rings. The second kappa shape index (κ2) is 9.96. The maximum absolute atomic E-state index is 12.1. The first-order valence-corrected chi connectivity index (χ1v) is 8.61. The average molecular weight is 370 g/mol. The van der Waals surface area contributed by atoms with Crippen LogP contribution in [-0.2, 0) is 9.53 Å². The van der Waals surface area contributed by atoms with E-state index in [9.17, 15) is 14.4 Å². The Morgan fingerprint density at radius 1 is 0.852 bits per heavy atom. The lowest BCUT2D eigenvalue weighted by atomic mass is 10.2. The van der Waals surface area contributed by atoms with Crippen molar-refractivity contribution >= 4 is 23.5 Å². The molecular formula is C20H22N2O5. The van der Waals surface area contributed by atoms with Crippen LogP contribution in [0.1, 0.15) is 34.6 Å². The van der Waals surface area contributed by atoms with E-state index in [1.165, 1.54) is 0 Å². The van der Waals surface area contributed by atoms with E-state index in [0.29, 0.717) is 35.8 Å². The van der Waals surface area contributed by atoms with Crippen molar-refractivity contribution in [2.75, 3.05) is 25.1 Å². The highest BCUT2D eigenvalue weighted by Crippen LogP contribution is 2.12. The smallest absolute Gasteiger partial charge is 0.338 e. The summed E-state index contributed by atoms with van der Waals surface area (Å²) in [6.07, 6.45) is 0. The van der Waals surface area contributed by atoms with Gasteiger partial charge in [0, 0.05) is 11.3 Å². The van der Waals surface area contributed by atoms with Crippen molar-refractivity contribution in [1.82, 2.24) is 5.32 Å². The van der Waals surface area contributed by atoms with Crippen LogP contribution in [0.5, 0.6) is 5.75 Å². The van der Waals surface area contributed by atoms with E-state index < -0.39 is 5.97 Å². The van der Waals surface area contributed by atoms with Gasteiger partial charge in [-0.15, -0.1) is 0 Å². The molecule has 0 aliphatic rings. The highest BCUT2D eigenvalue weighted by Gasteiger charge is 2.10. The van der Waals surface area contributed by atoms with Gasteiger partial charge in [0.2, 0.25) is 5.91 Å². The molecule has 0 aliphatic heterocycles. The average Bonchev–Trinajstić information content (AvgIpc) is 2.68. The number of hydrogen-bond acceptors (Lipinski definition) is 5. The molecule has 7 nitrogen and oxygen atoms in total. The van der Waals surface area contributed by atoms with Crippen LogP contribution in [0.25, 0.3) is 0 Å². The number of carbonyl (C=O) groups is 3. The first-order chi connectivity index (χ1) is 13.0. The van der Waals surface area contributed by atoms with Gasteiger partial charge in [-0.1, -0.05) is 0 Å². The van der Waals surface area contributed by atoms with Gasteiger partial charge in [0.1, 0.15) is 5.75 Å². The lowest BCUT2D eigenvalue weighted by molar-refractivity contribution is -0.115. The predicted molar refractivity (Wildman–Crippen MR) is 101 cm³/mol. The third-order valence-electron chi connectivity index (χ3n) is 3.52. The minimum atomic E-state index is -0.419. The van der Waals surface area contributed by atoms with E-state index in [1.54, 1.807) is 55.5 Å². The second-order valence-corrected chi connectivity index (χ2v) is 5.49.